The number of anilines is 1. The van der Waals surface area contributed by atoms with Crippen LogP contribution in [0.1, 0.15) is 55.7 Å². The Bertz CT molecular complexity index is 918. The second kappa shape index (κ2) is 9.86. The fourth-order valence-electron chi connectivity index (χ4n) is 4.27. The van der Waals surface area contributed by atoms with Crippen molar-refractivity contribution in [2.24, 2.45) is 5.92 Å². The number of benzene rings is 1. The predicted octanol–water partition coefficient (Wildman–Crippen LogP) is 3.31. The molecule has 1 aromatic heterocycles. The molecular formula is C25H35N5O2. The minimum absolute atomic E-state index is 0.0909. The maximum atomic E-state index is 12.9. The van der Waals surface area contributed by atoms with Gasteiger partial charge in [0.2, 0.25) is 5.91 Å². The third kappa shape index (κ3) is 5.57. The lowest BCUT2D eigenvalue weighted by molar-refractivity contribution is -0.123. The first-order chi connectivity index (χ1) is 15.4. The van der Waals surface area contributed by atoms with E-state index in [9.17, 15) is 4.79 Å². The first kappa shape index (κ1) is 22.5. The van der Waals surface area contributed by atoms with Crippen molar-refractivity contribution in [1.82, 2.24) is 20.2 Å². The van der Waals surface area contributed by atoms with Gasteiger partial charge in [-0.1, -0.05) is 26.0 Å². The van der Waals surface area contributed by atoms with Crippen molar-refractivity contribution in [1.29, 1.82) is 0 Å². The summed E-state index contributed by atoms with van der Waals surface area (Å²) in [4.78, 5) is 26.7. The Kier molecular flexibility index (Phi) is 6.94. The largest absolute Gasteiger partial charge is 0.497 e. The molecule has 2 fully saturated rings. The molecule has 1 saturated heterocycles. The van der Waals surface area contributed by atoms with E-state index < -0.39 is 0 Å². The highest BCUT2D eigenvalue weighted by Gasteiger charge is 2.34. The van der Waals surface area contributed by atoms with Gasteiger partial charge in [-0.05, 0) is 43.4 Å². The van der Waals surface area contributed by atoms with Crippen molar-refractivity contribution >= 4 is 11.7 Å². The highest BCUT2D eigenvalue weighted by Crippen LogP contribution is 2.41. The molecule has 1 aliphatic heterocycles. The number of aryl methyl sites for hydroxylation is 1. The van der Waals surface area contributed by atoms with Gasteiger partial charge in [0, 0.05) is 43.9 Å². The summed E-state index contributed by atoms with van der Waals surface area (Å²) in [6, 6.07) is 10.2. The standard InChI is InChI=1S/C25H35N5O2/c1-17(2)25-26-18(3)15-22(27-25)30-13-11-29(12-14-30)16-23(31)28-24(19-5-6-19)20-7-9-21(32-4)10-8-20/h7-10,15,17,19,24H,5-6,11-14,16H2,1-4H3,(H,28,31). The lowest BCUT2D eigenvalue weighted by Gasteiger charge is -2.35. The average Bonchev–Trinajstić information content (AvgIpc) is 3.63. The number of amides is 1. The Hall–Kier alpha value is -2.67. The van der Waals surface area contributed by atoms with E-state index >= 15 is 0 Å². The molecule has 4 rings (SSSR count). The fraction of sp³-hybridized carbons (Fsp3) is 0.560. The number of aromatic nitrogens is 2. The summed E-state index contributed by atoms with van der Waals surface area (Å²) in [6.45, 7) is 10.1. The third-order valence-electron chi connectivity index (χ3n) is 6.32. The molecule has 1 aliphatic carbocycles. The van der Waals surface area contributed by atoms with E-state index in [0.717, 1.165) is 54.8 Å². The first-order valence-corrected chi connectivity index (χ1v) is 11.7. The first-order valence-electron chi connectivity index (χ1n) is 11.7. The van der Waals surface area contributed by atoms with Crippen molar-refractivity contribution in [2.75, 3.05) is 44.7 Å². The highest BCUT2D eigenvalue weighted by molar-refractivity contribution is 5.78. The van der Waals surface area contributed by atoms with E-state index in [2.05, 4.69) is 52.1 Å². The Labute approximate surface area is 191 Å². The van der Waals surface area contributed by atoms with Crippen molar-refractivity contribution in [3.8, 4) is 5.75 Å². The molecule has 1 N–H and O–H groups in total. The summed E-state index contributed by atoms with van der Waals surface area (Å²) >= 11 is 0. The van der Waals surface area contributed by atoms with Crippen LogP contribution < -0.4 is 15.0 Å². The molecule has 0 spiro atoms. The molecule has 1 amide bonds. The number of methoxy groups -OCH3 is 1. The highest BCUT2D eigenvalue weighted by atomic mass is 16.5. The maximum absolute atomic E-state index is 12.9. The molecule has 32 heavy (non-hydrogen) atoms. The van der Waals surface area contributed by atoms with Crippen molar-refractivity contribution in [3.63, 3.8) is 0 Å². The Morgan fingerprint density at radius 1 is 1.12 bits per heavy atom. The summed E-state index contributed by atoms with van der Waals surface area (Å²) in [5.74, 6) is 3.69. The van der Waals surface area contributed by atoms with Gasteiger partial charge in [0.05, 0.1) is 19.7 Å². The van der Waals surface area contributed by atoms with Crippen molar-refractivity contribution in [2.45, 2.75) is 45.6 Å². The number of nitrogens with zero attached hydrogens (tertiary/aromatic N) is 4. The van der Waals surface area contributed by atoms with Gasteiger partial charge < -0.3 is 15.0 Å². The molecule has 1 atom stereocenters. The van der Waals surface area contributed by atoms with Gasteiger partial charge >= 0.3 is 0 Å². The Balaban J connectivity index is 1.31. The van der Waals surface area contributed by atoms with Crippen LogP contribution in [0.5, 0.6) is 5.75 Å². The molecule has 1 unspecified atom stereocenters. The zero-order valence-electron chi connectivity index (χ0n) is 19.7. The van der Waals surface area contributed by atoms with Crippen LogP contribution in [0.25, 0.3) is 0 Å². The quantitative estimate of drug-likeness (QED) is 0.683. The van der Waals surface area contributed by atoms with E-state index in [1.807, 2.05) is 19.1 Å². The number of nitrogens with one attached hydrogen (secondary N) is 1. The van der Waals surface area contributed by atoms with Crippen LogP contribution >= 0.6 is 0 Å². The second-order valence-electron chi connectivity index (χ2n) is 9.30. The SMILES string of the molecule is COc1ccc(C(NC(=O)CN2CCN(c3cc(C)nc(C(C)C)n3)CC2)C2CC2)cc1. The third-order valence-corrected chi connectivity index (χ3v) is 6.32. The monoisotopic (exact) mass is 437 g/mol. The minimum Gasteiger partial charge on any atom is -0.497 e. The molecule has 0 radical (unpaired) electrons. The molecule has 2 heterocycles. The van der Waals surface area contributed by atoms with Gasteiger partial charge in [-0.15, -0.1) is 0 Å². The van der Waals surface area contributed by atoms with Crippen LogP contribution in [-0.4, -0.2) is 60.6 Å². The van der Waals surface area contributed by atoms with Crippen LogP contribution in [0.15, 0.2) is 30.3 Å². The molecule has 0 bridgehead atoms. The summed E-state index contributed by atoms with van der Waals surface area (Å²) in [5, 5.41) is 3.29. The normalized spacial score (nSPS) is 18.0. The lowest BCUT2D eigenvalue weighted by atomic mass is 10.0. The van der Waals surface area contributed by atoms with Crippen LogP contribution in [0.3, 0.4) is 0 Å². The number of carbonyl (C=O) groups excluding carboxylic acids is 1. The maximum Gasteiger partial charge on any atom is 0.234 e. The van der Waals surface area contributed by atoms with Gasteiger partial charge in [0.15, 0.2) is 0 Å². The second-order valence-corrected chi connectivity index (χ2v) is 9.30. The molecule has 7 heteroatoms. The fourth-order valence-corrected chi connectivity index (χ4v) is 4.27. The van der Waals surface area contributed by atoms with Crippen LogP contribution in [0, 0.1) is 12.8 Å². The van der Waals surface area contributed by atoms with Gasteiger partial charge in [-0.25, -0.2) is 9.97 Å². The van der Waals surface area contributed by atoms with E-state index in [1.165, 1.54) is 12.8 Å². The number of hydrogen-bond donors (Lipinski definition) is 1. The molecule has 1 saturated carbocycles. The molecule has 172 valence electrons. The van der Waals surface area contributed by atoms with Gasteiger partial charge in [-0.2, -0.15) is 0 Å². The summed E-state index contributed by atoms with van der Waals surface area (Å²) in [7, 11) is 1.67. The van der Waals surface area contributed by atoms with E-state index in [1.54, 1.807) is 7.11 Å². The lowest BCUT2D eigenvalue weighted by Crippen LogP contribution is -2.50. The summed E-state index contributed by atoms with van der Waals surface area (Å²) < 4.78 is 5.27. The van der Waals surface area contributed by atoms with Gasteiger partial charge in [-0.3, -0.25) is 9.69 Å². The van der Waals surface area contributed by atoms with E-state index in [0.29, 0.717) is 18.4 Å². The summed E-state index contributed by atoms with van der Waals surface area (Å²) in [6.07, 6.45) is 2.35. The molecule has 1 aromatic carbocycles. The van der Waals surface area contributed by atoms with Gasteiger partial charge in [0.25, 0.3) is 0 Å². The number of rotatable bonds is 8. The van der Waals surface area contributed by atoms with Crippen LogP contribution in [-0.2, 0) is 4.79 Å². The smallest absolute Gasteiger partial charge is 0.234 e. The van der Waals surface area contributed by atoms with E-state index in [4.69, 9.17) is 9.72 Å². The molecular weight excluding hydrogens is 402 g/mol. The van der Waals surface area contributed by atoms with Crippen molar-refractivity contribution in [3.05, 3.63) is 47.4 Å². The topological polar surface area (TPSA) is 70.6 Å². The average molecular weight is 438 g/mol. The minimum atomic E-state index is 0.0909. The molecule has 2 aliphatic rings. The van der Waals surface area contributed by atoms with Crippen LogP contribution in [0.4, 0.5) is 5.82 Å². The van der Waals surface area contributed by atoms with Gasteiger partial charge in [0.1, 0.15) is 17.4 Å². The Morgan fingerprint density at radius 2 is 1.81 bits per heavy atom. The zero-order valence-corrected chi connectivity index (χ0v) is 19.7. The summed E-state index contributed by atoms with van der Waals surface area (Å²) in [5.41, 5.74) is 2.16. The number of piperazine rings is 1. The Morgan fingerprint density at radius 3 is 2.41 bits per heavy atom. The van der Waals surface area contributed by atoms with E-state index in [-0.39, 0.29) is 11.9 Å². The van der Waals surface area contributed by atoms with Crippen LogP contribution in [0.2, 0.25) is 0 Å². The van der Waals surface area contributed by atoms with Crippen molar-refractivity contribution < 1.29 is 9.53 Å². The molecule has 7 nitrogen and oxygen atoms in total. The number of carbonyl (C=O) groups is 1. The zero-order chi connectivity index (χ0) is 22.7. The number of hydrogen-bond acceptors (Lipinski definition) is 6. The predicted molar refractivity (Wildman–Crippen MR) is 126 cm³/mol. The molecule has 2 aromatic rings. The number of ether oxygens (including phenoxy) is 1.